The molecule has 3 rings (SSSR count). The van der Waals surface area contributed by atoms with E-state index in [1.165, 1.54) is 6.07 Å². The van der Waals surface area contributed by atoms with Crippen molar-refractivity contribution in [3.8, 4) is 0 Å². The number of furan rings is 1. The lowest BCUT2D eigenvalue weighted by Gasteiger charge is -2.10. The summed E-state index contributed by atoms with van der Waals surface area (Å²) in [5.74, 6) is -0.372. The largest absolute Gasteiger partial charge is 0.458 e. The van der Waals surface area contributed by atoms with Crippen molar-refractivity contribution in [3.63, 3.8) is 0 Å². The molecule has 2 aromatic carbocycles. The second-order valence-electron chi connectivity index (χ2n) is 4.86. The van der Waals surface area contributed by atoms with E-state index in [0.717, 1.165) is 10.9 Å². The van der Waals surface area contributed by atoms with Gasteiger partial charge in [-0.05, 0) is 47.1 Å². The molecule has 1 atom stereocenters. The molecule has 108 valence electrons. The van der Waals surface area contributed by atoms with E-state index in [2.05, 4.69) is 15.9 Å². The van der Waals surface area contributed by atoms with Crippen molar-refractivity contribution in [3.05, 3.63) is 68.6 Å². The zero-order valence-electron chi connectivity index (χ0n) is 11.0. The van der Waals surface area contributed by atoms with Gasteiger partial charge in [0.1, 0.15) is 23.3 Å². The highest BCUT2D eigenvalue weighted by Gasteiger charge is 2.21. The van der Waals surface area contributed by atoms with Crippen molar-refractivity contribution in [2.75, 3.05) is 0 Å². The van der Waals surface area contributed by atoms with Crippen molar-refractivity contribution < 1.29 is 13.9 Å². The Bertz CT molecular complexity index is 829. The molecule has 0 aliphatic rings. The van der Waals surface area contributed by atoms with Crippen LogP contribution in [0.4, 0.5) is 4.39 Å². The van der Waals surface area contributed by atoms with E-state index in [0.29, 0.717) is 10.1 Å². The van der Waals surface area contributed by atoms with Gasteiger partial charge in [-0.1, -0.05) is 29.3 Å². The third-order valence-corrected chi connectivity index (χ3v) is 4.58. The molecule has 2 nitrogen and oxygen atoms in total. The van der Waals surface area contributed by atoms with Crippen molar-refractivity contribution in [2.45, 2.75) is 13.0 Å². The van der Waals surface area contributed by atoms with Gasteiger partial charge in [0, 0.05) is 15.4 Å². The van der Waals surface area contributed by atoms with E-state index in [1.807, 2.05) is 25.1 Å². The highest BCUT2D eigenvalue weighted by atomic mass is 79.9. The number of benzene rings is 2. The van der Waals surface area contributed by atoms with E-state index in [-0.39, 0.29) is 16.3 Å². The second-order valence-corrected chi connectivity index (χ2v) is 6.09. The predicted octanol–water partition coefficient (Wildman–Crippen LogP) is 5.38. The molecule has 3 aromatic rings. The fourth-order valence-electron chi connectivity index (χ4n) is 2.22. The lowest BCUT2D eigenvalue weighted by molar-refractivity contribution is 0.187. The van der Waals surface area contributed by atoms with E-state index in [1.54, 1.807) is 12.1 Å². The quantitative estimate of drug-likeness (QED) is 0.615. The molecule has 0 saturated carbocycles. The van der Waals surface area contributed by atoms with Crippen LogP contribution in [0.1, 0.15) is 23.0 Å². The van der Waals surface area contributed by atoms with Gasteiger partial charge in [0.05, 0.1) is 5.02 Å². The molecule has 0 bridgehead atoms. The average molecular weight is 370 g/mol. The molecule has 1 heterocycles. The highest BCUT2D eigenvalue weighted by molar-refractivity contribution is 9.10. The van der Waals surface area contributed by atoms with E-state index < -0.39 is 11.9 Å². The molecule has 0 radical (unpaired) electrons. The number of aryl methyl sites for hydroxylation is 1. The second kappa shape index (κ2) is 5.44. The predicted molar refractivity (Wildman–Crippen MR) is 84.1 cm³/mol. The molecule has 0 saturated heterocycles. The summed E-state index contributed by atoms with van der Waals surface area (Å²) in [6.07, 6.45) is -1.21. The summed E-state index contributed by atoms with van der Waals surface area (Å²) in [7, 11) is 0. The Morgan fingerprint density at radius 3 is 2.76 bits per heavy atom. The summed E-state index contributed by atoms with van der Waals surface area (Å²) in [5, 5.41) is 11.2. The van der Waals surface area contributed by atoms with Gasteiger partial charge in [-0.2, -0.15) is 0 Å². The number of aliphatic hydroxyl groups excluding tert-OH is 1. The van der Waals surface area contributed by atoms with E-state index in [4.69, 9.17) is 16.0 Å². The Morgan fingerprint density at radius 2 is 2.00 bits per heavy atom. The number of fused-ring (bicyclic) bond motifs is 1. The molecule has 1 unspecified atom stereocenters. The molecule has 0 spiro atoms. The summed E-state index contributed by atoms with van der Waals surface area (Å²) < 4.78 is 20.2. The third-order valence-electron chi connectivity index (χ3n) is 3.32. The smallest absolute Gasteiger partial charge is 0.149 e. The van der Waals surface area contributed by atoms with Gasteiger partial charge in [-0.15, -0.1) is 0 Å². The fraction of sp³-hybridized carbons (Fsp3) is 0.125. The van der Waals surface area contributed by atoms with Crippen molar-refractivity contribution in [1.29, 1.82) is 0 Å². The minimum atomic E-state index is -1.21. The zero-order chi connectivity index (χ0) is 15.1. The molecule has 1 N–H and O–H groups in total. The maximum Gasteiger partial charge on any atom is 0.149 e. The molecular weight excluding hydrogens is 359 g/mol. The minimum Gasteiger partial charge on any atom is -0.458 e. The van der Waals surface area contributed by atoms with Gasteiger partial charge >= 0.3 is 0 Å². The van der Waals surface area contributed by atoms with Crippen LogP contribution in [0.3, 0.4) is 0 Å². The summed E-state index contributed by atoms with van der Waals surface area (Å²) in [6, 6.07) is 10.5. The third kappa shape index (κ3) is 2.59. The lowest BCUT2D eigenvalue weighted by atomic mass is 10.1. The zero-order valence-corrected chi connectivity index (χ0v) is 13.4. The van der Waals surface area contributed by atoms with Crippen LogP contribution < -0.4 is 0 Å². The molecule has 0 aliphatic carbocycles. The topological polar surface area (TPSA) is 33.4 Å². The van der Waals surface area contributed by atoms with Gasteiger partial charge in [0.15, 0.2) is 0 Å². The van der Waals surface area contributed by atoms with E-state index in [9.17, 15) is 9.50 Å². The minimum absolute atomic E-state index is 0.0569. The number of hydrogen-bond donors (Lipinski definition) is 1. The van der Waals surface area contributed by atoms with Gasteiger partial charge in [0.25, 0.3) is 0 Å². The van der Waals surface area contributed by atoms with Crippen molar-refractivity contribution in [2.24, 2.45) is 0 Å². The number of aliphatic hydroxyl groups is 1. The lowest BCUT2D eigenvalue weighted by Crippen LogP contribution is -2.02. The van der Waals surface area contributed by atoms with Gasteiger partial charge in [-0.25, -0.2) is 4.39 Å². The first-order valence-electron chi connectivity index (χ1n) is 6.29. The van der Waals surface area contributed by atoms with Crippen LogP contribution in [0.15, 0.2) is 45.3 Å². The Kier molecular flexibility index (Phi) is 3.78. The maximum absolute atomic E-state index is 14.2. The molecule has 1 aromatic heterocycles. The van der Waals surface area contributed by atoms with E-state index >= 15 is 0 Å². The fourth-order valence-corrected chi connectivity index (χ4v) is 2.70. The highest BCUT2D eigenvalue weighted by Crippen LogP contribution is 2.34. The SMILES string of the molecule is Cc1ccc2oc(C(O)c3ccc(Br)c(Cl)c3F)cc2c1. The monoisotopic (exact) mass is 368 g/mol. The average Bonchev–Trinajstić information content (AvgIpc) is 2.87. The molecular formula is C16H11BrClFO2. The first-order chi connectivity index (χ1) is 9.97. The van der Waals surface area contributed by atoms with Crippen LogP contribution >= 0.6 is 27.5 Å². The number of rotatable bonds is 2. The Labute approximate surface area is 134 Å². The Balaban J connectivity index is 2.08. The number of hydrogen-bond acceptors (Lipinski definition) is 2. The summed E-state index contributed by atoms with van der Waals surface area (Å²) >= 11 is 8.99. The standard InChI is InChI=1S/C16H11BrClFO2/c1-8-2-5-12-9(6-8)7-13(21-12)16(20)10-3-4-11(17)14(18)15(10)19/h2-7,16,20H,1H3. The summed E-state index contributed by atoms with van der Waals surface area (Å²) in [4.78, 5) is 0. The van der Waals surface area contributed by atoms with Gasteiger partial charge in [-0.3, -0.25) is 0 Å². The Morgan fingerprint density at radius 1 is 1.24 bits per heavy atom. The van der Waals surface area contributed by atoms with Crippen molar-refractivity contribution in [1.82, 2.24) is 0 Å². The van der Waals surface area contributed by atoms with Crippen LogP contribution in [0, 0.1) is 12.7 Å². The molecule has 0 fully saturated rings. The van der Waals surface area contributed by atoms with Gasteiger partial charge in [0.2, 0.25) is 0 Å². The van der Waals surface area contributed by atoms with Crippen LogP contribution in [-0.2, 0) is 0 Å². The first kappa shape index (κ1) is 14.6. The van der Waals surface area contributed by atoms with Crippen molar-refractivity contribution >= 4 is 38.5 Å². The van der Waals surface area contributed by atoms with Crippen LogP contribution in [0.5, 0.6) is 0 Å². The number of halogens is 3. The molecule has 0 aliphatic heterocycles. The van der Waals surface area contributed by atoms with Crippen LogP contribution in [0.2, 0.25) is 5.02 Å². The Hall–Kier alpha value is -1.36. The molecule has 0 amide bonds. The van der Waals surface area contributed by atoms with Gasteiger partial charge < -0.3 is 9.52 Å². The maximum atomic E-state index is 14.2. The molecule has 5 heteroatoms. The van der Waals surface area contributed by atoms with Crippen LogP contribution in [0.25, 0.3) is 11.0 Å². The summed E-state index contributed by atoms with van der Waals surface area (Å²) in [6.45, 7) is 1.97. The summed E-state index contributed by atoms with van der Waals surface area (Å²) in [5.41, 5.74) is 1.82. The normalized spacial score (nSPS) is 12.8. The first-order valence-corrected chi connectivity index (χ1v) is 7.46. The molecule has 21 heavy (non-hydrogen) atoms. The van der Waals surface area contributed by atoms with Crippen LogP contribution in [-0.4, -0.2) is 5.11 Å².